The average Bonchev–Trinajstić information content (AvgIpc) is 3.39. The number of nitrogens with zero attached hydrogens (tertiary/aromatic N) is 3. The van der Waals surface area contributed by atoms with Gasteiger partial charge in [0.2, 0.25) is 0 Å². The van der Waals surface area contributed by atoms with Crippen molar-refractivity contribution in [2.24, 2.45) is 0 Å². The Bertz CT molecular complexity index is 1250. The van der Waals surface area contributed by atoms with E-state index in [2.05, 4.69) is 15.7 Å². The van der Waals surface area contributed by atoms with Crippen molar-refractivity contribution in [2.45, 2.75) is 27.3 Å². The highest BCUT2D eigenvalue weighted by Gasteiger charge is 2.27. The van der Waals surface area contributed by atoms with Gasteiger partial charge in [0.25, 0.3) is 5.91 Å². The van der Waals surface area contributed by atoms with Crippen LogP contribution in [0.2, 0.25) is 10.0 Å². The summed E-state index contributed by atoms with van der Waals surface area (Å²) in [5.41, 5.74) is 2.34. The Balaban J connectivity index is 1.77. The lowest BCUT2D eigenvalue weighted by Crippen LogP contribution is -2.30. The summed E-state index contributed by atoms with van der Waals surface area (Å²) in [6.45, 7) is 7.12. The first kappa shape index (κ1) is 26.9. The Morgan fingerprint density at radius 2 is 1.94 bits per heavy atom. The topological polar surface area (TPSA) is 88.5 Å². The first-order valence-electron chi connectivity index (χ1n) is 10.7. The lowest BCUT2D eigenvalue weighted by Gasteiger charge is -2.17. The number of aromatic nitrogens is 2. The zero-order chi connectivity index (χ0) is 25.7. The predicted octanol–water partition coefficient (Wildman–Crippen LogP) is 5.69. The van der Waals surface area contributed by atoms with Crippen molar-refractivity contribution >= 4 is 74.4 Å². The zero-order valence-corrected chi connectivity index (χ0v) is 22.8. The van der Waals surface area contributed by atoms with E-state index in [1.807, 2.05) is 19.9 Å². The maximum Gasteiger partial charge on any atom is 0.341 e. The van der Waals surface area contributed by atoms with Crippen molar-refractivity contribution in [3.63, 3.8) is 0 Å². The van der Waals surface area contributed by atoms with Gasteiger partial charge in [-0.3, -0.25) is 9.48 Å². The van der Waals surface area contributed by atoms with Crippen LogP contribution in [0.4, 0.5) is 10.7 Å². The number of carbonyl (C=O) groups is 2. The second kappa shape index (κ2) is 11.9. The number of methoxy groups -OCH3 is 1. The molecule has 12 heteroatoms. The predicted molar refractivity (Wildman–Crippen MR) is 145 cm³/mol. The zero-order valence-electron chi connectivity index (χ0n) is 19.6. The van der Waals surface area contributed by atoms with Crippen LogP contribution in [-0.2, 0) is 11.3 Å². The fourth-order valence-electron chi connectivity index (χ4n) is 3.41. The highest BCUT2D eigenvalue weighted by atomic mass is 35.5. The number of amides is 1. The number of anilines is 2. The van der Waals surface area contributed by atoms with Gasteiger partial charge in [0.05, 0.1) is 36.0 Å². The van der Waals surface area contributed by atoms with E-state index in [9.17, 15) is 9.59 Å². The number of hydrogen-bond donors (Lipinski definition) is 2. The molecule has 0 aliphatic carbocycles. The molecule has 0 aliphatic rings. The molecule has 0 aliphatic heterocycles. The monoisotopic (exact) mass is 553 g/mol. The highest BCUT2D eigenvalue weighted by molar-refractivity contribution is 7.80. The molecular formula is C23H25Cl2N5O3S2. The highest BCUT2D eigenvalue weighted by Crippen LogP contribution is 2.34. The fourth-order valence-corrected chi connectivity index (χ4v) is 5.33. The summed E-state index contributed by atoms with van der Waals surface area (Å²) in [6, 6.07) is 5.29. The third-order valence-corrected chi connectivity index (χ3v) is 7.23. The third-order valence-electron chi connectivity index (χ3n) is 5.25. The minimum absolute atomic E-state index is 0.142. The van der Waals surface area contributed by atoms with Crippen molar-refractivity contribution in [1.82, 2.24) is 14.7 Å². The summed E-state index contributed by atoms with van der Waals surface area (Å²) in [6.07, 6.45) is 3.39. The number of thiophene rings is 1. The fraction of sp³-hybridized carbons (Fsp3) is 0.304. The number of benzene rings is 1. The second-order valence-electron chi connectivity index (χ2n) is 7.47. The van der Waals surface area contributed by atoms with Crippen molar-refractivity contribution in [3.8, 4) is 0 Å². The average molecular weight is 555 g/mol. The standard InChI is InChI=1S/C23H25Cl2N5O3S2/c1-5-29(6-2)21(31)19-13(3)18(22(32)33-4)20(35-19)28-23(34)27-16-10-26-30(12-16)11-14-7-8-15(24)9-17(14)25/h7-10,12H,5-6,11H2,1-4H3,(H2,27,28,34). The molecule has 0 fully saturated rings. The van der Waals surface area contributed by atoms with E-state index in [4.69, 9.17) is 40.2 Å². The summed E-state index contributed by atoms with van der Waals surface area (Å²) in [4.78, 5) is 27.6. The van der Waals surface area contributed by atoms with Crippen LogP contribution in [0.3, 0.4) is 0 Å². The lowest BCUT2D eigenvalue weighted by molar-refractivity contribution is 0.0601. The number of carbonyl (C=O) groups excluding carboxylic acids is 2. The largest absolute Gasteiger partial charge is 0.465 e. The first-order valence-corrected chi connectivity index (χ1v) is 12.7. The van der Waals surface area contributed by atoms with Crippen molar-refractivity contribution in [3.05, 3.63) is 62.2 Å². The van der Waals surface area contributed by atoms with E-state index in [0.717, 1.165) is 5.56 Å². The minimum Gasteiger partial charge on any atom is -0.465 e. The number of hydrogen-bond acceptors (Lipinski definition) is 6. The molecule has 0 atom stereocenters. The van der Waals surface area contributed by atoms with Crippen LogP contribution in [0.25, 0.3) is 0 Å². The number of thiocarbonyl (C=S) groups is 1. The molecule has 1 amide bonds. The molecule has 0 radical (unpaired) electrons. The minimum atomic E-state index is -0.546. The molecule has 0 saturated carbocycles. The summed E-state index contributed by atoms with van der Waals surface area (Å²) >= 11 is 18.8. The molecular weight excluding hydrogens is 529 g/mol. The van der Waals surface area contributed by atoms with Gasteiger partial charge in [0.1, 0.15) is 5.00 Å². The van der Waals surface area contributed by atoms with E-state index in [1.165, 1.54) is 18.4 Å². The van der Waals surface area contributed by atoms with Gasteiger partial charge in [-0.25, -0.2) is 4.79 Å². The maximum atomic E-state index is 13.0. The van der Waals surface area contributed by atoms with Gasteiger partial charge in [-0.05, 0) is 56.2 Å². The van der Waals surface area contributed by atoms with Crippen LogP contribution >= 0.6 is 46.8 Å². The smallest absolute Gasteiger partial charge is 0.341 e. The molecule has 2 aromatic heterocycles. The Hall–Kier alpha value is -2.66. The van der Waals surface area contributed by atoms with Gasteiger partial charge >= 0.3 is 5.97 Å². The van der Waals surface area contributed by atoms with Crippen LogP contribution in [0.5, 0.6) is 0 Å². The van der Waals surface area contributed by atoms with Gasteiger partial charge in [0.15, 0.2) is 5.11 Å². The lowest BCUT2D eigenvalue weighted by atomic mass is 10.1. The number of ether oxygens (including phenoxy) is 1. The SMILES string of the molecule is CCN(CC)C(=O)c1sc(NC(=S)Nc2cnn(Cc3ccc(Cl)cc3Cl)c2)c(C(=O)OC)c1C. The van der Waals surface area contributed by atoms with Gasteiger partial charge in [-0.15, -0.1) is 11.3 Å². The molecule has 3 aromatic rings. The van der Waals surface area contributed by atoms with Gasteiger partial charge in [-0.2, -0.15) is 5.10 Å². The van der Waals surface area contributed by atoms with Crippen LogP contribution < -0.4 is 10.6 Å². The first-order chi connectivity index (χ1) is 16.7. The summed E-state index contributed by atoms with van der Waals surface area (Å²) in [5.74, 6) is -0.688. The molecule has 0 bridgehead atoms. The second-order valence-corrected chi connectivity index (χ2v) is 9.74. The van der Waals surface area contributed by atoms with Crippen molar-refractivity contribution in [1.29, 1.82) is 0 Å². The third kappa shape index (κ3) is 6.32. The molecule has 2 N–H and O–H groups in total. The Kier molecular flexibility index (Phi) is 9.12. The maximum absolute atomic E-state index is 13.0. The molecule has 0 saturated heterocycles. The molecule has 1 aromatic carbocycles. The molecule has 186 valence electrons. The van der Waals surface area contributed by atoms with Crippen LogP contribution in [0, 0.1) is 6.92 Å². The van der Waals surface area contributed by atoms with E-state index < -0.39 is 5.97 Å². The van der Waals surface area contributed by atoms with Crippen LogP contribution in [0.15, 0.2) is 30.6 Å². The quantitative estimate of drug-likeness (QED) is 0.273. The molecule has 35 heavy (non-hydrogen) atoms. The summed E-state index contributed by atoms with van der Waals surface area (Å²) in [7, 11) is 1.30. The van der Waals surface area contributed by atoms with Gasteiger partial charge in [-0.1, -0.05) is 29.3 Å². The summed E-state index contributed by atoms with van der Waals surface area (Å²) < 4.78 is 6.65. The number of nitrogens with one attached hydrogen (secondary N) is 2. The van der Waals surface area contributed by atoms with Crippen molar-refractivity contribution in [2.75, 3.05) is 30.8 Å². The Morgan fingerprint density at radius 3 is 2.57 bits per heavy atom. The molecule has 3 rings (SSSR count). The van der Waals surface area contributed by atoms with Gasteiger partial charge in [0, 0.05) is 29.3 Å². The summed E-state index contributed by atoms with van der Waals surface area (Å²) in [5, 5.41) is 12.2. The van der Waals surface area contributed by atoms with Crippen LogP contribution in [0.1, 0.15) is 45.0 Å². The Morgan fingerprint density at radius 1 is 1.23 bits per heavy atom. The van der Waals surface area contributed by atoms with Crippen molar-refractivity contribution < 1.29 is 14.3 Å². The molecule has 0 unspecified atom stereocenters. The van der Waals surface area contributed by atoms with E-state index in [-0.39, 0.29) is 16.6 Å². The number of halogens is 2. The Labute approximate surface area is 223 Å². The van der Waals surface area contributed by atoms with E-state index in [0.29, 0.717) is 50.8 Å². The molecule has 0 spiro atoms. The molecule has 2 heterocycles. The normalized spacial score (nSPS) is 10.7. The van der Waals surface area contributed by atoms with E-state index >= 15 is 0 Å². The van der Waals surface area contributed by atoms with E-state index in [1.54, 1.807) is 41.0 Å². The number of esters is 1. The van der Waals surface area contributed by atoms with Crippen LogP contribution in [-0.4, -0.2) is 51.9 Å². The van der Waals surface area contributed by atoms with Gasteiger partial charge < -0.3 is 20.3 Å². The number of rotatable bonds is 8. The molecule has 8 nitrogen and oxygen atoms in total.